The number of aliphatic carboxylic acids is 1. The fraction of sp³-hybridized carbons (Fsp3) is 0.588. The average Bonchev–Trinajstić information content (AvgIpc) is 2.47. The highest BCUT2D eigenvalue weighted by Gasteiger charge is 2.19. The maximum absolute atomic E-state index is 10.6. The van der Waals surface area contributed by atoms with E-state index < -0.39 is 5.97 Å². The lowest BCUT2D eigenvalue weighted by Crippen LogP contribution is -2.33. The van der Waals surface area contributed by atoms with Crippen LogP contribution < -0.4 is 4.74 Å². The third-order valence-corrected chi connectivity index (χ3v) is 4.09. The second-order valence-corrected chi connectivity index (χ2v) is 5.73. The van der Waals surface area contributed by atoms with Crippen LogP contribution in [0, 0.1) is 5.92 Å². The van der Waals surface area contributed by atoms with Crippen LogP contribution in [-0.4, -0.2) is 35.7 Å². The van der Waals surface area contributed by atoms with Crippen LogP contribution in [0.4, 0.5) is 0 Å². The normalized spacial score (nSPS) is 16.8. The molecule has 1 N–H and O–H groups in total. The minimum absolute atomic E-state index is 0.307. The van der Waals surface area contributed by atoms with Gasteiger partial charge in [-0.1, -0.05) is 12.1 Å². The number of piperidine rings is 1. The SMILES string of the molecule is CCOc1cccc(CN2CCC(CCC(=O)O)CC2)c1. The van der Waals surface area contributed by atoms with Crippen LogP contribution in [0.15, 0.2) is 24.3 Å². The molecule has 0 bridgehead atoms. The van der Waals surface area contributed by atoms with Crippen molar-refractivity contribution in [3.63, 3.8) is 0 Å². The Kier molecular flexibility index (Phi) is 6.05. The van der Waals surface area contributed by atoms with Gasteiger partial charge >= 0.3 is 5.97 Å². The predicted octanol–water partition coefficient (Wildman–Crippen LogP) is 3.16. The van der Waals surface area contributed by atoms with Crippen LogP contribution in [0.1, 0.15) is 38.2 Å². The first-order valence-electron chi connectivity index (χ1n) is 7.83. The van der Waals surface area contributed by atoms with Gasteiger partial charge in [-0.15, -0.1) is 0 Å². The Bertz CT molecular complexity index is 453. The summed E-state index contributed by atoms with van der Waals surface area (Å²) in [6.45, 7) is 5.76. The van der Waals surface area contributed by atoms with Crippen LogP contribution in [0.25, 0.3) is 0 Å². The van der Waals surface area contributed by atoms with Gasteiger partial charge < -0.3 is 9.84 Å². The summed E-state index contributed by atoms with van der Waals surface area (Å²) in [5.74, 6) is 0.837. The average molecular weight is 291 g/mol. The topological polar surface area (TPSA) is 49.8 Å². The number of hydrogen-bond donors (Lipinski definition) is 1. The summed E-state index contributed by atoms with van der Waals surface area (Å²) in [5.41, 5.74) is 1.28. The van der Waals surface area contributed by atoms with Crippen molar-refractivity contribution in [3.05, 3.63) is 29.8 Å². The van der Waals surface area contributed by atoms with Crippen molar-refractivity contribution in [2.45, 2.75) is 39.2 Å². The number of carboxylic acid groups (broad SMARTS) is 1. The largest absolute Gasteiger partial charge is 0.494 e. The van der Waals surface area contributed by atoms with E-state index >= 15 is 0 Å². The Morgan fingerprint density at radius 2 is 2.14 bits per heavy atom. The molecular formula is C17H25NO3. The summed E-state index contributed by atoms with van der Waals surface area (Å²) in [7, 11) is 0. The van der Waals surface area contributed by atoms with Crippen molar-refractivity contribution < 1.29 is 14.6 Å². The molecule has 0 atom stereocenters. The summed E-state index contributed by atoms with van der Waals surface area (Å²) in [4.78, 5) is 13.1. The van der Waals surface area contributed by atoms with Gasteiger partial charge in [0.25, 0.3) is 0 Å². The van der Waals surface area contributed by atoms with E-state index in [1.165, 1.54) is 5.56 Å². The molecule has 21 heavy (non-hydrogen) atoms. The Labute approximate surface area is 126 Å². The van der Waals surface area contributed by atoms with E-state index in [4.69, 9.17) is 9.84 Å². The van der Waals surface area contributed by atoms with E-state index in [2.05, 4.69) is 17.0 Å². The summed E-state index contributed by atoms with van der Waals surface area (Å²) < 4.78 is 5.53. The fourth-order valence-electron chi connectivity index (χ4n) is 2.92. The summed E-state index contributed by atoms with van der Waals surface area (Å²) in [5, 5.41) is 8.74. The van der Waals surface area contributed by atoms with Gasteiger partial charge in [0.15, 0.2) is 0 Å². The van der Waals surface area contributed by atoms with Gasteiger partial charge in [-0.2, -0.15) is 0 Å². The number of rotatable bonds is 7. The monoisotopic (exact) mass is 291 g/mol. The fourth-order valence-corrected chi connectivity index (χ4v) is 2.92. The quantitative estimate of drug-likeness (QED) is 0.838. The molecule has 2 rings (SSSR count). The summed E-state index contributed by atoms with van der Waals surface area (Å²) >= 11 is 0. The lowest BCUT2D eigenvalue weighted by Gasteiger charge is -2.31. The van der Waals surface area contributed by atoms with E-state index in [0.717, 1.165) is 44.6 Å². The molecule has 0 saturated carbocycles. The smallest absolute Gasteiger partial charge is 0.303 e. The van der Waals surface area contributed by atoms with Crippen molar-refractivity contribution in [2.24, 2.45) is 5.92 Å². The molecule has 0 radical (unpaired) electrons. The van der Waals surface area contributed by atoms with Crippen LogP contribution in [0.2, 0.25) is 0 Å². The number of ether oxygens (including phenoxy) is 1. The van der Waals surface area contributed by atoms with Gasteiger partial charge in [-0.25, -0.2) is 0 Å². The molecule has 116 valence electrons. The number of likely N-dealkylation sites (tertiary alicyclic amines) is 1. The van der Waals surface area contributed by atoms with Crippen LogP contribution in [-0.2, 0) is 11.3 Å². The van der Waals surface area contributed by atoms with E-state index in [9.17, 15) is 4.79 Å². The number of carbonyl (C=O) groups is 1. The van der Waals surface area contributed by atoms with Crippen molar-refractivity contribution in [3.8, 4) is 5.75 Å². The zero-order valence-electron chi connectivity index (χ0n) is 12.8. The minimum Gasteiger partial charge on any atom is -0.494 e. The van der Waals surface area contributed by atoms with Crippen LogP contribution >= 0.6 is 0 Å². The number of hydrogen-bond acceptors (Lipinski definition) is 3. The molecule has 0 aromatic heterocycles. The highest BCUT2D eigenvalue weighted by Crippen LogP contribution is 2.23. The lowest BCUT2D eigenvalue weighted by atomic mass is 9.92. The molecule has 1 aliphatic rings. The first kappa shape index (κ1) is 15.8. The van der Waals surface area contributed by atoms with Crippen LogP contribution in [0.5, 0.6) is 5.75 Å². The van der Waals surface area contributed by atoms with Crippen molar-refractivity contribution in [2.75, 3.05) is 19.7 Å². The molecule has 1 fully saturated rings. The molecular weight excluding hydrogens is 266 g/mol. The number of benzene rings is 1. The summed E-state index contributed by atoms with van der Waals surface area (Å²) in [6, 6.07) is 8.28. The third kappa shape index (κ3) is 5.38. The van der Waals surface area contributed by atoms with Gasteiger partial charge in [0.2, 0.25) is 0 Å². The molecule has 0 spiro atoms. The zero-order valence-corrected chi connectivity index (χ0v) is 12.8. The zero-order chi connectivity index (χ0) is 15.1. The minimum atomic E-state index is -0.676. The summed E-state index contributed by atoms with van der Waals surface area (Å²) in [6.07, 6.45) is 3.35. The molecule has 1 aromatic carbocycles. The Balaban J connectivity index is 1.78. The van der Waals surface area contributed by atoms with Crippen molar-refractivity contribution >= 4 is 5.97 Å². The van der Waals surface area contributed by atoms with Gasteiger partial charge in [0.1, 0.15) is 5.75 Å². The Morgan fingerprint density at radius 3 is 2.81 bits per heavy atom. The highest BCUT2D eigenvalue weighted by atomic mass is 16.5. The highest BCUT2D eigenvalue weighted by molar-refractivity contribution is 5.66. The molecule has 0 amide bonds. The van der Waals surface area contributed by atoms with Gasteiger partial charge in [-0.05, 0) is 62.9 Å². The number of nitrogens with zero attached hydrogens (tertiary/aromatic N) is 1. The molecule has 1 saturated heterocycles. The molecule has 4 heteroatoms. The van der Waals surface area contributed by atoms with E-state index in [0.29, 0.717) is 18.9 Å². The van der Waals surface area contributed by atoms with E-state index in [1.54, 1.807) is 0 Å². The van der Waals surface area contributed by atoms with Crippen molar-refractivity contribution in [1.82, 2.24) is 4.90 Å². The molecule has 4 nitrogen and oxygen atoms in total. The Hall–Kier alpha value is -1.55. The molecule has 1 aliphatic heterocycles. The van der Waals surface area contributed by atoms with Gasteiger partial charge in [-0.3, -0.25) is 9.69 Å². The van der Waals surface area contributed by atoms with E-state index in [1.807, 2.05) is 19.1 Å². The molecule has 0 aliphatic carbocycles. The van der Waals surface area contributed by atoms with Crippen LogP contribution in [0.3, 0.4) is 0 Å². The first-order valence-corrected chi connectivity index (χ1v) is 7.83. The standard InChI is InChI=1S/C17H25NO3/c1-2-21-16-5-3-4-15(12-16)13-18-10-8-14(9-11-18)6-7-17(19)20/h3-5,12,14H,2,6-11,13H2,1H3,(H,19,20). The maximum Gasteiger partial charge on any atom is 0.303 e. The second kappa shape index (κ2) is 8.03. The van der Waals surface area contributed by atoms with E-state index in [-0.39, 0.29) is 0 Å². The predicted molar refractivity (Wildman–Crippen MR) is 82.5 cm³/mol. The lowest BCUT2D eigenvalue weighted by molar-refractivity contribution is -0.137. The Morgan fingerprint density at radius 1 is 1.38 bits per heavy atom. The maximum atomic E-state index is 10.6. The molecule has 1 aromatic rings. The van der Waals surface area contributed by atoms with Gasteiger partial charge in [0, 0.05) is 13.0 Å². The molecule has 0 unspecified atom stereocenters. The van der Waals surface area contributed by atoms with Gasteiger partial charge in [0.05, 0.1) is 6.61 Å². The third-order valence-electron chi connectivity index (χ3n) is 4.09. The number of carboxylic acids is 1. The second-order valence-electron chi connectivity index (χ2n) is 5.73. The molecule has 1 heterocycles. The first-order chi connectivity index (χ1) is 10.2. The van der Waals surface area contributed by atoms with Crippen molar-refractivity contribution in [1.29, 1.82) is 0 Å².